The molecular formula is C18H32N2O2. The summed E-state index contributed by atoms with van der Waals surface area (Å²) in [5.41, 5.74) is 0.0568. The quantitative estimate of drug-likeness (QED) is 0.660. The Balaban J connectivity index is 1.42. The van der Waals surface area contributed by atoms with Crippen LogP contribution in [-0.2, 0) is 0 Å². The highest BCUT2D eigenvalue weighted by molar-refractivity contribution is 5.74. The van der Waals surface area contributed by atoms with Gasteiger partial charge in [-0.25, -0.2) is 4.79 Å². The van der Waals surface area contributed by atoms with Crippen LogP contribution in [0.4, 0.5) is 4.79 Å². The van der Waals surface area contributed by atoms with Gasteiger partial charge >= 0.3 is 6.03 Å². The summed E-state index contributed by atoms with van der Waals surface area (Å²) in [6.45, 7) is 5.01. The molecule has 0 heterocycles. The van der Waals surface area contributed by atoms with Gasteiger partial charge in [-0.3, -0.25) is 0 Å². The Morgan fingerprint density at radius 2 is 1.68 bits per heavy atom. The first kappa shape index (κ1) is 16.1. The SMILES string of the molecule is CC(C)(CO)CCCNC(=O)NC12CC3CC(CC(C3)C1)C2. The molecule has 0 aromatic heterocycles. The second kappa shape index (κ2) is 6.03. The van der Waals surface area contributed by atoms with Gasteiger partial charge in [-0.1, -0.05) is 13.8 Å². The number of nitrogens with one attached hydrogen (secondary N) is 2. The normalized spacial score (nSPS) is 36.4. The van der Waals surface area contributed by atoms with Gasteiger partial charge in [-0.2, -0.15) is 0 Å². The summed E-state index contributed by atoms with van der Waals surface area (Å²) in [6, 6.07) is 0.0174. The highest BCUT2D eigenvalue weighted by atomic mass is 16.3. The zero-order chi connectivity index (χ0) is 15.8. The molecule has 22 heavy (non-hydrogen) atoms. The number of carbonyl (C=O) groups excluding carboxylic acids is 1. The Bertz CT molecular complexity index is 384. The van der Waals surface area contributed by atoms with E-state index in [1.54, 1.807) is 0 Å². The van der Waals surface area contributed by atoms with Gasteiger partial charge in [0.25, 0.3) is 0 Å². The van der Waals surface area contributed by atoms with E-state index >= 15 is 0 Å². The summed E-state index contributed by atoms with van der Waals surface area (Å²) < 4.78 is 0. The molecule has 0 unspecified atom stereocenters. The highest BCUT2D eigenvalue weighted by Gasteiger charge is 2.51. The number of rotatable bonds is 6. The molecule has 126 valence electrons. The monoisotopic (exact) mass is 308 g/mol. The molecule has 4 bridgehead atoms. The third-order valence-electron chi connectivity index (χ3n) is 6.16. The second-order valence-corrected chi connectivity index (χ2v) is 9.00. The average molecular weight is 308 g/mol. The summed E-state index contributed by atoms with van der Waals surface area (Å²) in [7, 11) is 0. The summed E-state index contributed by atoms with van der Waals surface area (Å²) in [5.74, 6) is 2.57. The van der Waals surface area contributed by atoms with Crippen LogP contribution >= 0.6 is 0 Å². The Morgan fingerprint density at radius 3 is 2.18 bits per heavy atom. The van der Waals surface area contributed by atoms with Crippen LogP contribution in [0.1, 0.15) is 65.2 Å². The standard InChI is InChI=1S/C18H32N2O2/c1-17(2,12-21)4-3-5-19-16(22)20-18-9-13-6-14(10-18)8-15(7-13)11-18/h13-15,21H,3-12H2,1-2H3,(H2,19,20,22). The van der Waals surface area contributed by atoms with Crippen LogP contribution in [0.5, 0.6) is 0 Å². The summed E-state index contributed by atoms with van der Waals surface area (Å²) in [5, 5.41) is 15.6. The van der Waals surface area contributed by atoms with Gasteiger partial charge in [-0.15, -0.1) is 0 Å². The van der Waals surface area contributed by atoms with Crippen LogP contribution in [-0.4, -0.2) is 29.8 Å². The Labute approximate surface area is 134 Å². The van der Waals surface area contributed by atoms with Gasteiger partial charge in [0.1, 0.15) is 0 Å². The molecule has 0 aromatic carbocycles. The summed E-state index contributed by atoms with van der Waals surface area (Å²) >= 11 is 0. The molecule has 2 amide bonds. The fraction of sp³-hybridized carbons (Fsp3) is 0.944. The van der Waals surface area contributed by atoms with E-state index in [1.165, 1.54) is 38.5 Å². The average Bonchev–Trinajstić information content (AvgIpc) is 2.41. The lowest BCUT2D eigenvalue weighted by Gasteiger charge is -2.56. The van der Waals surface area contributed by atoms with Gasteiger partial charge in [0.2, 0.25) is 0 Å². The molecule has 4 nitrogen and oxygen atoms in total. The highest BCUT2D eigenvalue weighted by Crippen LogP contribution is 2.55. The van der Waals surface area contributed by atoms with Crippen LogP contribution in [0, 0.1) is 23.2 Å². The van der Waals surface area contributed by atoms with E-state index in [0.717, 1.165) is 30.6 Å². The maximum Gasteiger partial charge on any atom is 0.315 e. The number of aliphatic hydroxyl groups is 1. The number of hydrogen-bond acceptors (Lipinski definition) is 2. The van der Waals surface area contributed by atoms with Crippen molar-refractivity contribution in [3.8, 4) is 0 Å². The molecular weight excluding hydrogens is 276 g/mol. The minimum atomic E-state index is -0.0436. The summed E-state index contributed by atoms with van der Waals surface area (Å²) in [4.78, 5) is 12.3. The lowest BCUT2D eigenvalue weighted by atomic mass is 9.53. The zero-order valence-corrected chi connectivity index (χ0v) is 14.2. The molecule has 3 N–H and O–H groups in total. The second-order valence-electron chi connectivity index (χ2n) is 9.00. The van der Waals surface area contributed by atoms with Crippen molar-refractivity contribution in [2.75, 3.05) is 13.2 Å². The van der Waals surface area contributed by atoms with Crippen molar-refractivity contribution in [1.29, 1.82) is 0 Å². The van der Waals surface area contributed by atoms with Gasteiger partial charge < -0.3 is 15.7 Å². The van der Waals surface area contributed by atoms with Gasteiger partial charge in [-0.05, 0) is 74.5 Å². The molecule has 4 aliphatic rings. The molecule has 4 aliphatic carbocycles. The van der Waals surface area contributed by atoms with Crippen LogP contribution in [0.2, 0.25) is 0 Å². The van der Waals surface area contributed by atoms with E-state index in [2.05, 4.69) is 24.5 Å². The molecule has 0 radical (unpaired) electrons. The number of amides is 2. The Kier molecular flexibility index (Phi) is 4.41. The molecule has 0 spiro atoms. The molecule has 0 aliphatic heterocycles. The van der Waals surface area contributed by atoms with Crippen LogP contribution in [0.25, 0.3) is 0 Å². The minimum absolute atomic E-state index is 0.0174. The van der Waals surface area contributed by atoms with E-state index in [9.17, 15) is 9.90 Å². The van der Waals surface area contributed by atoms with Crippen molar-refractivity contribution < 1.29 is 9.90 Å². The van der Waals surface area contributed by atoms with Crippen molar-refractivity contribution in [2.24, 2.45) is 23.2 Å². The fourth-order valence-corrected chi connectivity index (χ4v) is 5.40. The molecule has 0 aromatic rings. The fourth-order valence-electron chi connectivity index (χ4n) is 5.40. The summed E-state index contributed by atoms with van der Waals surface area (Å²) in [6.07, 6.45) is 9.65. The van der Waals surface area contributed by atoms with Crippen LogP contribution in [0.15, 0.2) is 0 Å². The van der Waals surface area contributed by atoms with Gasteiger partial charge in [0.15, 0.2) is 0 Å². The van der Waals surface area contributed by atoms with Crippen LogP contribution in [0.3, 0.4) is 0 Å². The number of hydrogen-bond donors (Lipinski definition) is 3. The predicted octanol–water partition coefficient (Wildman–Crippen LogP) is 3.05. The first-order valence-corrected chi connectivity index (χ1v) is 9.07. The molecule has 0 atom stereocenters. The van der Waals surface area contributed by atoms with Crippen molar-refractivity contribution in [3.05, 3.63) is 0 Å². The number of urea groups is 1. The van der Waals surface area contributed by atoms with Crippen LogP contribution < -0.4 is 10.6 Å². The smallest absolute Gasteiger partial charge is 0.315 e. The molecule has 4 fully saturated rings. The largest absolute Gasteiger partial charge is 0.396 e. The maximum absolute atomic E-state index is 12.3. The van der Waals surface area contributed by atoms with Crippen molar-refractivity contribution in [1.82, 2.24) is 10.6 Å². The molecule has 0 saturated heterocycles. The van der Waals surface area contributed by atoms with E-state index in [1.807, 2.05) is 0 Å². The number of aliphatic hydroxyl groups excluding tert-OH is 1. The Hall–Kier alpha value is -0.770. The van der Waals surface area contributed by atoms with Crippen molar-refractivity contribution in [2.45, 2.75) is 70.8 Å². The zero-order valence-electron chi connectivity index (χ0n) is 14.2. The topological polar surface area (TPSA) is 61.4 Å². The molecule has 4 heteroatoms. The van der Waals surface area contributed by atoms with E-state index in [4.69, 9.17) is 0 Å². The first-order chi connectivity index (χ1) is 10.4. The minimum Gasteiger partial charge on any atom is -0.396 e. The first-order valence-electron chi connectivity index (χ1n) is 9.07. The van der Waals surface area contributed by atoms with E-state index in [0.29, 0.717) is 6.54 Å². The lowest BCUT2D eigenvalue weighted by Crippen LogP contribution is -2.61. The van der Waals surface area contributed by atoms with E-state index in [-0.39, 0.29) is 23.6 Å². The van der Waals surface area contributed by atoms with Crippen molar-refractivity contribution in [3.63, 3.8) is 0 Å². The van der Waals surface area contributed by atoms with Crippen molar-refractivity contribution >= 4 is 6.03 Å². The predicted molar refractivity (Wildman–Crippen MR) is 87.5 cm³/mol. The van der Waals surface area contributed by atoms with Gasteiger partial charge in [0.05, 0.1) is 0 Å². The third kappa shape index (κ3) is 3.58. The van der Waals surface area contributed by atoms with E-state index < -0.39 is 0 Å². The molecule has 4 saturated carbocycles. The maximum atomic E-state index is 12.3. The Morgan fingerprint density at radius 1 is 1.14 bits per heavy atom. The van der Waals surface area contributed by atoms with Gasteiger partial charge in [0, 0.05) is 18.7 Å². The lowest BCUT2D eigenvalue weighted by molar-refractivity contribution is -0.0135. The third-order valence-corrected chi connectivity index (χ3v) is 6.16. The number of carbonyl (C=O) groups is 1. The molecule has 4 rings (SSSR count).